The van der Waals surface area contributed by atoms with Crippen molar-refractivity contribution < 1.29 is 22.1 Å². The summed E-state index contributed by atoms with van der Waals surface area (Å²) in [5.74, 6) is 1.75. The van der Waals surface area contributed by atoms with Crippen LogP contribution >= 0.6 is 11.6 Å². The number of halogens is 1. The molecular formula is C20H30ClNO5S. The monoisotopic (exact) mass is 431 g/mol. The van der Waals surface area contributed by atoms with Gasteiger partial charge in [-0.25, -0.2) is 4.79 Å². The molecule has 0 aromatic heterocycles. The first kappa shape index (κ1) is 23.0. The van der Waals surface area contributed by atoms with E-state index < -0.39 is 10.1 Å². The van der Waals surface area contributed by atoms with Crippen molar-refractivity contribution in [2.75, 3.05) is 26.5 Å². The number of benzene rings is 1. The van der Waals surface area contributed by atoms with E-state index in [1.165, 1.54) is 0 Å². The van der Waals surface area contributed by atoms with Gasteiger partial charge >= 0.3 is 6.09 Å². The first-order valence-electron chi connectivity index (χ1n) is 9.76. The van der Waals surface area contributed by atoms with E-state index in [2.05, 4.69) is 0 Å². The van der Waals surface area contributed by atoms with Crippen molar-refractivity contribution in [2.24, 2.45) is 11.8 Å². The molecule has 1 aliphatic carbocycles. The quantitative estimate of drug-likeness (QED) is 0.417. The van der Waals surface area contributed by atoms with E-state index >= 15 is 0 Å². The zero-order valence-corrected chi connectivity index (χ0v) is 18.2. The highest BCUT2D eigenvalue weighted by atomic mass is 35.5. The van der Waals surface area contributed by atoms with Gasteiger partial charge in [-0.2, -0.15) is 8.42 Å². The van der Waals surface area contributed by atoms with Gasteiger partial charge in [0, 0.05) is 18.6 Å². The van der Waals surface area contributed by atoms with Crippen molar-refractivity contribution in [1.29, 1.82) is 0 Å². The summed E-state index contributed by atoms with van der Waals surface area (Å²) in [5.41, 5.74) is 0. The molecule has 1 aliphatic rings. The summed E-state index contributed by atoms with van der Waals surface area (Å²) < 4.78 is 32.0. The normalized spacial score (nSPS) is 20.0. The zero-order chi connectivity index (χ0) is 20.6. The summed E-state index contributed by atoms with van der Waals surface area (Å²) in [6.07, 6.45) is 8.09. The summed E-state index contributed by atoms with van der Waals surface area (Å²) in [5, 5.41) is 0.603. The van der Waals surface area contributed by atoms with Gasteiger partial charge in [-0.15, -0.1) is 0 Å². The Morgan fingerprint density at radius 1 is 1.11 bits per heavy atom. The first-order chi connectivity index (χ1) is 13.2. The predicted molar refractivity (Wildman–Crippen MR) is 110 cm³/mol. The molecule has 0 heterocycles. The van der Waals surface area contributed by atoms with Gasteiger partial charge in [0.25, 0.3) is 10.1 Å². The van der Waals surface area contributed by atoms with Gasteiger partial charge in [-0.3, -0.25) is 4.18 Å². The molecule has 8 heteroatoms. The molecule has 0 atom stereocenters. The van der Waals surface area contributed by atoms with Crippen LogP contribution in [0.1, 0.15) is 44.9 Å². The molecule has 0 spiro atoms. The van der Waals surface area contributed by atoms with Crippen molar-refractivity contribution in [3.05, 3.63) is 29.3 Å². The smallest absolute Gasteiger partial charge is 0.410 e. The second-order valence-corrected chi connectivity index (χ2v) is 9.67. The Morgan fingerprint density at radius 2 is 1.68 bits per heavy atom. The van der Waals surface area contributed by atoms with Crippen LogP contribution < -0.4 is 4.74 Å². The second kappa shape index (κ2) is 11.0. The summed E-state index contributed by atoms with van der Waals surface area (Å²) in [7, 11) is -1.57. The third-order valence-electron chi connectivity index (χ3n) is 5.22. The highest BCUT2D eigenvalue weighted by Gasteiger charge is 2.22. The molecule has 0 aliphatic heterocycles. The molecule has 1 saturated carbocycles. The Morgan fingerprint density at radius 3 is 2.25 bits per heavy atom. The van der Waals surface area contributed by atoms with E-state index in [0.29, 0.717) is 29.2 Å². The minimum absolute atomic E-state index is 0.277. The highest BCUT2D eigenvalue weighted by Crippen LogP contribution is 2.33. The molecule has 1 aromatic carbocycles. The standard InChI is InChI=1S/C20H30ClNO5S/c1-22(20(23)27-19-11-9-18(21)10-12-19)14-13-17-7-5-16(6-8-17)4-3-15-26-28(2,24)25/h9-12,16-17H,3-8,13-15H2,1-2H3. The Balaban J connectivity index is 1.60. The van der Waals surface area contributed by atoms with Crippen LogP contribution in [-0.2, 0) is 14.3 Å². The number of hydrogen-bond acceptors (Lipinski definition) is 5. The molecule has 6 nitrogen and oxygen atoms in total. The van der Waals surface area contributed by atoms with Gasteiger partial charge in [0.05, 0.1) is 12.9 Å². The zero-order valence-electron chi connectivity index (χ0n) is 16.6. The molecule has 2 rings (SSSR count). The van der Waals surface area contributed by atoms with Gasteiger partial charge in [-0.1, -0.05) is 37.3 Å². The van der Waals surface area contributed by atoms with Crippen molar-refractivity contribution in [2.45, 2.75) is 44.9 Å². The predicted octanol–water partition coefficient (Wildman–Crippen LogP) is 4.72. The van der Waals surface area contributed by atoms with Crippen LogP contribution in [-0.4, -0.2) is 45.9 Å². The number of hydrogen-bond donors (Lipinski definition) is 0. The van der Waals surface area contributed by atoms with E-state index in [0.717, 1.165) is 51.2 Å². The van der Waals surface area contributed by atoms with Gasteiger partial charge in [0.1, 0.15) is 5.75 Å². The summed E-state index contributed by atoms with van der Waals surface area (Å²) in [4.78, 5) is 13.8. The average Bonchev–Trinajstić information content (AvgIpc) is 2.65. The molecule has 0 bridgehead atoms. The van der Waals surface area contributed by atoms with Crippen LogP contribution in [0.25, 0.3) is 0 Å². The molecular weight excluding hydrogens is 402 g/mol. The van der Waals surface area contributed by atoms with Crippen LogP contribution in [0.3, 0.4) is 0 Å². The number of carbonyl (C=O) groups excluding carboxylic acids is 1. The van der Waals surface area contributed by atoms with Crippen LogP contribution in [0, 0.1) is 11.8 Å². The molecule has 1 aromatic rings. The van der Waals surface area contributed by atoms with Crippen LogP contribution in [0.5, 0.6) is 5.75 Å². The van der Waals surface area contributed by atoms with Crippen molar-refractivity contribution >= 4 is 27.8 Å². The molecule has 0 unspecified atom stereocenters. The molecule has 0 radical (unpaired) electrons. The van der Waals surface area contributed by atoms with Gasteiger partial charge < -0.3 is 9.64 Å². The van der Waals surface area contributed by atoms with Crippen molar-refractivity contribution in [3.8, 4) is 5.75 Å². The van der Waals surface area contributed by atoms with E-state index in [-0.39, 0.29) is 12.7 Å². The maximum atomic E-state index is 12.2. The molecule has 0 N–H and O–H groups in total. The van der Waals surface area contributed by atoms with Gasteiger partial charge in [0.2, 0.25) is 0 Å². The Labute approximate surface area is 173 Å². The fourth-order valence-corrected chi connectivity index (χ4v) is 4.09. The summed E-state index contributed by atoms with van der Waals surface area (Å²) in [6.45, 7) is 0.948. The highest BCUT2D eigenvalue weighted by molar-refractivity contribution is 7.85. The number of amides is 1. The molecule has 0 saturated heterocycles. The fraction of sp³-hybridized carbons (Fsp3) is 0.650. The van der Waals surface area contributed by atoms with Crippen LogP contribution in [0.15, 0.2) is 24.3 Å². The number of ether oxygens (including phenoxy) is 1. The number of carbonyl (C=O) groups is 1. The Bertz CT molecular complexity index is 715. The number of rotatable bonds is 9. The van der Waals surface area contributed by atoms with E-state index in [9.17, 15) is 13.2 Å². The lowest BCUT2D eigenvalue weighted by molar-refractivity contribution is 0.155. The lowest BCUT2D eigenvalue weighted by atomic mass is 9.79. The lowest BCUT2D eigenvalue weighted by Crippen LogP contribution is -2.32. The van der Waals surface area contributed by atoms with Gasteiger partial charge in [0.15, 0.2) is 0 Å². The Hall–Kier alpha value is -1.31. The SMILES string of the molecule is CN(CCC1CCC(CCCOS(C)(=O)=O)CC1)C(=O)Oc1ccc(Cl)cc1. The molecule has 1 amide bonds. The third-order valence-corrected chi connectivity index (χ3v) is 6.07. The third kappa shape index (κ3) is 8.80. The lowest BCUT2D eigenvalue weighted by Gasteiger charge is -2.29. The minimum Gasteiger partial charge on any atom is -0.410 e. The van der Waals surface area contributed by atoms with E-state index in [1.54, 1.807) is 36.2 Å². The Kier molecular flexibility index (Phi) is 9.05. The molecule has 1 fully saturated rings. The molecule has 28 heavy (non-hydrogen) atoms. The van der Waals surface area contributed by atoms with Crippen LogP contribution in [0.4, 0.5) is 4.79 Å². The average molecular weight is 432 g/mol. The van der Waals surface area contributed by atoms with Crippen molar-refractivity contribution in [3.63, 3.8) is 0 Å². The van der Waals surface area contributed by atoms with E-state index in [4.69, 9.17) is 20.5 Å². The van der Waals surface area contributed by atoms with E-state index in [1.807, 2.05) is 0 Å². The maximum absolute atomic E-state index is 12.2. The molecule has 158 valence electrons. The first-order valence-corrected chi connectivity index (χ1v) is 12.0. The number of nitrogens with zero attached hydrogens (tertiary/aromatic N) is 1. The summed E-state index contributed by atoms with van der Waals surface area (Å²) >= 11 is 5.83. The second-order valence-electron chi connectivity index (χ2n) is 7.59. The fourth-order valence-electron chi connectivity index (χ4n) is 3.54. The summed E-state index contributed by atoms with van der Waals surface area (Å²) in [6, 6.07) is 6.73. The topological polar surface area (TPSA) is 72.9 Å². The minimum atomic E-state index is -3.33. The van der Waals surface area contributed by atoms with Crippen molar-refractivity contribution in [1.82, 2.24) is 4.90 Å². The maximum Gasteiger partial charge on any atom is 0.414 e. The van der Waals surface area contributed by atoms with Crippen LogP contribution in [0.2, 0.25) is 5.02 Å². The van der Waals surface area contributed by atoms with Gasteiger partial charge in [-0.05, 0) is 55.4 Å². The largest absolute Gasteiger partial charge is 0.414 e.